The van der Waals surface area contributed by atoms with Crippen molar-refractivity contribution in [3.63, 3.8) is 0 Å². The summed E-state index contributed by atoms with van der Waals surface area (Å²) in [5, 5.41) is 3.61. The molecular formula is C16H32N2. The Morgan fingerprint density at radius 2 is 1.78 bits per heavy atom. The summed E-state index contributed by atoms with van der Waals surface area (Å²) >= 11 is 0. The molecule has 2 nitrogen and oxygen atoms in total. The van der Waals surface area contributed by atoms with Gasteiger partial charge in [-0.2, -0.15) is 0 Å². The van der Waals surface area contributed by atoms with Gasteiger partial charge in [-0.1, -0.05) is 20.8 Å². The zero-order chi connectivity index (χ0) is 13.0. The molecule has 0 spiro atoms. The smallest absolute Gasteiger partial charge is 0.00964 e. The van der Waals surface area contributed by atoms with Crippen molar-refractivity contribution in [2.45, 2.75) is 77.8 Å². The molecule has 18 heavy (non-hydrogen) atoms. The standard InChI is InChI=1S/C16H32N2/c1-4-17-14-6-8-15(9-7-14)18-12-5-10-16(2,3)11-13-18/h14-15,17H,4-13H2,1-3H3. The van der Waals surface area contributed by atoms with Gasteiger partial charge in [0.05, 0.1) is 0 Å². The molecule has 2 rings (SSSR count). The van der Waals surface area contributed by atoms with E-state index < -0.39 is 0 Å². The highest BCUT2D eigenvalue weighted by Crippen LogP contribution is 2.32. The van der Waals surface area contributed by atoms with Crippen LogP contribution < -0.4 is 5.32 Å². The van der Waals surface area contributed by atoms with E-state index in [1.165, 1.54) is 58.0 Å². The third-order valence-electron chi connectivity index (χ3n) is 5.08. The van der Waals surface area contributed by atoms with Gasteiger partial charge in [-0.3, -0.25) is 0 Å². The fourth-order valence-electron chi connectivity index (χ4n) is 3.74. The Morgan fingerprint density at radius 1 is 1.06 bits per heavy atom. The Kier molecular flexibility index (Phi) is 5.08. The molecule has 2 aliphatic rings. The monoisotopic (exact) mass is 252 g/mol. The molecule has 2 fully saturated rings. The molecule has 0 bridgehead atoms. The van der Waals surface area contributed by atoms with E-state index in [-0.39, 0.29) is 0 Å². The van der Waals surface area contributed by atoms with Crippen LogP contribution >= 0.6 is 0 Å². The highest BCUT2D eigenvalue weighted by molar-refractivity contribution is 4.85. The molecule has 1 saturated carbocycles. The van der Waals surface area contributed by atoms with Crippen molar-refractivity contribution in [1.29, 1.82) is 0 Å². The molecule has 1 aliphatic carbocycles. The second-order valence-corrected chi connectivity index (χ2v) is 7.12. The third kappa shape index (κ3) is 3.96. The van der Waals surface area contributed by atoms with Gasteiger partial charge in [-0.15, -0.1) is 0 Å². The van der Waals surface area contributed by atoms with E-state index in [4.69, 9.17) is 0 Å². The number of likely N-dealkylation sites (tertiary alicyclic amines) is 1. The quantitative estimate of drug-likeness (QED) is 0.828. The number of hydrogen-bond acceptors (Lipinski definition) is 2. The fourth-order valence-corrected chi connectivity index (χ4v) is 3.74. The normalized spacial score (nSPS) is 34.2. The number of nitrogens with zero attached hydrogens (tertiary/aromatic N) is 1. The summed E-state index contributed by atoms with van der Waals surface area (Å²) in [4.78, 5) is 2.80. The first-order valence-corrected chi connectivity index (χ1v) is 8.08. The van der Waals surface area contributed by atoms with Crippen LogP contribution in [-0.4, -0.2) is 36.6 Å². The van der Waals surface area contributed by atoms with E-state index in [9.17, 15) is 0 Å². The number of nitrogens with one attached hydrogen (secondary N) is 1. The van der Waals surface area contributed by atoms with Gasteiger partial charge in [0.1, 0.15) is 0 Å². The van der Waals surface area contributed by atoms with Crippen molar-refractivity contribution < 1.29 is 0 Å². The molecule has 106 valence electrons. The largest absolute Gasteiger partial charge is 0.314 e. The van der Waals surface area contributed by atoms with E-state index in [0.717, 1.165) is 18.6 Å². The predicted octanol–water partition coefficient (Wildman–Crippen LogP) is 3.42. The summed E-state index contributed by atoms with van der Waals surface area (Å²) in [7, 11) is 0. The maximum atomic E-state index is 3.61. The lowest BCUT2D eigenvalue weighted by Crippen LogP contribution is -2.43. The minimum Gasteiger partial charge on any atom is -0.314 e. The fraction of sp³-hybridized carbons (Fsp3) is 1.00. The summed E-state index contributed by atoms with van der Waals surface area (Å²) in [5.74, 6) is 0. The summed E-state index contributed by atoms with van der Waals surface area (Å²) in [6.07, 6.45) is 9.81. The van der Waals surface area contributed by atoms with E-state index in [0.29, 0.717) is 5.41 Å². The second-order valence-electron chi connectivity index (χ2n) is 7.12. The second kappa shape index (κ2) is 6.38. The van der Waals surface area contributed by atoms with Crippen LogP contribution in [0, 0.1) is 5.41 Å². The topological polar surface area (TPSA) is 15.3 Å². The van der Waals surface area contributed by atoms with Crippen LogP contribution in [0.15, 0.2) is 0 Å². The Balaban J connectivity index is 1.79. The first kappa shape index (κ1) is 14.3. The van der Waals surface area contributed by atoms with Gasteiger partial charge >= 0.3 is 0 Å². The average molecular weight is 252 g/mol. The molecule has 0 aromatic heterocycles. The molecule has 0 aromatic rings. The maximum Gasteiger partial charge on any atom is 0.00964 e. The summed E-state index contributed by atoms with van der Waals surface area (Å²) < 4.78 is 0. The highest BCUT2D eigenvalue weighted by Gasteiger charge is 2.29. The Hall–Kier alpha value is -0.0800. The molecule has 0 radical (unpaired) electrons. The zero-order valence-electron chi connectivity index (χ0n) is 12.7. The van der Waals surface area contributed by atoms with Crippen molar-refractivity contribution in [2.24, 2.45) is 5.41 Å². The molecule has 1 saturated heterocycles. The summed E-state index contributed by atoms with van der Waals surface area (Å²) in [5.41, 5.74) is 0.579. The van der Waals surface area contributed by atoms with Crippen molar-refractivity contribution >= 4 is 0 Å². The minimum absolute atomic E-state index is 0.579. The van der Waals surface area contributed by atoms with Crippen molar-refractivity contribution in [1.82, 2.24) is 10.2 Å². The zero-order valence-corrected chi connectivity index (χ0v) is 12.7. The highest BCUT2D eigenvalue weighted by atomic mass is 15.2. The lowest BCUT2D eigenvalue weighted by molar-refractivity contribution is 0.144. The molecule has 0 unspecified atom stereocenters. The van der Waals surface area contributed by atoms with E-state index in [1.54, 1.807) is 0 Å². The molecule has 1 N–H and O–H groups in total. The molecule has 2 heteroatoms. The van der Waals surface area contributed by atoms with Gasteiger partial charge < -0.3 is 10.2 Å². The van der Waals surface area contributed by atoms with Crippen LogP contribution in [-0.2, 0) is 0 Å². The SMILES string of the molecule is CCNC1CCC(N2CCCC(C)(C)CC2)CC1. The molecular weight excluding hydrogens is 220 g/mol. The molecule has 1 heterocycles. The average Bonchev–Trinajstić information content (AvgIpc) is 2.52. The van der Waals surface area contributed by atoms with Gasteiger partial charge in [-0.05, 0) is 70.0 Å². The molecule has 0 aromatic carbocycles. The van der Waals surface area contributed by atoms with E-state index in [1.807, 2.05) is 0 Å². The van der Waals surface area contributed by atoms with Crippen LogP contribution in [0.2, 0.25) is 0 Å². The Bertz CT molecular complexity index is 241. The predicted molar refractivity (Wildman–Crippen MR) is 78.9 cm³/mol. The van der Waals surface area contributed by atoms with Gasteiger partial charge in [-0.25, -0.2) is 0 Å². The molecule has 0 amide bonds. The Morgan fingerprint density at radius 3 is 2.44 bits per heavy atom. The maximum absolute atomic E-state index is 3.61. The van der Waals surface area contributed by atoms with Crippen LogP contribution in [0.25, 0.3) is 0 Å². The minimum atomic E-state index is 0.579. The van der Waals surface area contributed by atoms with Crippen molar-refractivity contribution in [3.8, 4) is 0 Å². The number of rotatable bonds is 3. The molecule has 0 atom stereocenters. The van der Waals surface area contributed by atoms with Gasteiger partial charge in [0, 0.05) is 12.1 Å². The van der Waals surface area contributed by atoms with Crippen LogP contribution in [0.3, 0.4) is 0 Å². The summed E-state index contributed by atoms with van der Waals surface area (Å²) in [6, 6.07) is 1.68. The van der Waals surface area contributed by atoms with Gasteiger partial charge in [0.25, 0.3) is 0 Å². The van der Waals surface area contributed by atoms with E-state index in [2.05, 4.69) is 31.0 Å². The lowest BCUT2D eigenvalue weighted by atomic mass is 9.85. The first-order valence-electron chi connectivity index (χ1n) is 8.08. The number of hydrogen-bond donors (Lipinski definition) is 1. The van der Waals surface area contributed by atoms with Crippen LogP contribution in [0.5, 0.6) is 0 Å². The lowest BCUT2D eigenvalue weighted by Gasteiger charge is -2.37. The van der Waals surface area contributed by atoms with Crippen molar-refractivity contribution in [3.05, 3.63) is 0 Å². The first-order chi connectivity index (χ1) is 8.61. The Labute approximate surface area is 114 Å². The van der Waals surface area contributed by atoms with Crippen molar-refractivity contribution in [2.75, 3.05) is 19.6 Å². The van der Waals surface area contributed by atoms with Gasteiger partial charge in [0.15, 0.2) is 0 Å². The van der Waals surface area contributed by atoms with Crippen LogP contribution in [0.4, 0.5) is 0 Å². The van der Waals surface area contributed by atoms with Crippen LogP contribution in [0.1, 0.15) is 65.7 Å². The third-order valence-corrected chi connectivity index (χ3v) is 5.08. The van der Waals surface area contributed by atoms with E-state index >= 15 is 0 Å². The molecule has 1 aliphatic heterocycles. The van der Waals surface area contributed by atoms with Gasteiger partial charge in [0.2, 0.25) is 0 Å². The summed E-state index contributed by atoms with van der Waals surface area (Å²) in [6.45, 7) is 10.9.